The van der Waals surface area contributed by atoms with Crippen LogP contribution in [0.3, 0.4) is 0 Å². The summed E-state index contributed by atoms with van der Waals surface area (Å²) in [5.74, 6) is 0.181. The number of nitrogens with one attached hydrogen (secondary N) is 1. The van der Waals surface area contributed by atoms with Crippen LogP contribution in [0.15, 0.2) is 60.8 Å². The Morgan fingerprint density at radius 1 is 1.11 bits per heavy atom. The number of hydrogen-bond acceptors (Lipinski definition) is 3. The monoisotopic (exact) mass is 521 g/mol. The Kier molecular flexibility index (Phi) is 5.97. The molecule has 5 nitrogen and oxygen atoms in total. The summed E-state index contributed by atoms with van der Waals surface area (Å²) in [7, 11) is 1.55. The number of anilines is 1. The minimum atomic E-state index is -0.486. The van der Waals surface area contributed by atoms with E-state index in [1.807, 2.05) is 35.7 Å². The smallest absolute Gasteiger partial charge is 0.323 e. The Hall–Kier alpha value is -3.29. The minimum absolute atomic E-state index is 0.304. The van der Waals surface area contributed by atoms with E-state index in [1.165, 1.54) is 34.6 Å². The van der Waals surface area contributed by atoms with Gasteiger partial charge < -0.3 is 19.5 Å². The summed E-state index contributed by atoms with van der Waals surface area (Å²) < 4.78 is 22.1. The summed E-state index contributed by atoms with van der Waals surface area (Å²) in [4.78, 5) is 17.2. The highest BCUT2D eigenvalue weighted by Gasteiger charge is 2.36. The van der Waals surface area contributed by atoms with E-state index in [-0.39, 0.29) is 11.8 Å². The van der Waals surface area contributed by atoms with Crippen LogP contribution in [0.25, 0.3) is 5.00 Å². The second-order valence-corrected chi connectivity index (χ2v) is 10.7. The van der Waals surface area contributed by atoms with Crippen molar-refractivity contribution in [3.05, 3.63) is 98.9 Å². The molecule has 2 aliphatic rings. The first-order valence-corrected chi connectivity index (χ1v) is 13.2. The number of carbonyl (C=O) groups is 1. The number of fused-ring (bicyclic) bond motifs is 5. The van der Waals surface area contributed by atoms with Crippen LogP contribution in [-0.2, 0) is 19.4 Å². The zero-order chi connectivity index (χ0) is 24.8. The van der Waals surface area contributed by atoms with Gasteiger partial charge >= 0.3 is 6.03 Å². The number of rotatable bonds is 3. The number of thiophene rings is 1. The van der Waals surface area contributed by atoms with Gasteiger partial charge in [-0.3, -0.25) is 0 Å². The van der Waals surface area contributed by atoms with Crippen LogP contribution in [0.2, 0.25) is 5.02 Å². The van der Waals surface area contributed by atoms with Crippen LogP contribution in [0.4, 0.5) is 14.9 Å². The molecule has 0 unspecified atom stereocenters. The highest BCUT2D eigenvalue weighted by atomic mass is 35.5. The third kappa shape index (κ3) is 3.96. The molecule has 3 heterocycles. The summed E-state index contributed by atoms with van der Waals surface area (Å²) in [6, 6.07) is 14.8. The number of nitrogens with zero attached hydrogens (tertiary/aromatic N) is 2. The van der Waals surface area contributed by atoms with Crippen LogP contribution in [0.5, 0.6) is 5.75 Å². The molecule has 1 aliphatic heterocycles. The molecular weight excluding hydrogens is 497 g/mol. The standard InChI is InChI=1S/C28H25ClFN3O2S/c1-35-24-12-11-18(29)15-22(24)31-28(34)33-16-21-20-8-2-3-10-25(20)36-27(21)32-13-5-9-23(32)26(33)17-6-4-7-19(30)14-17/h4-7,9,11-15,26H,2-3,8,10,16H2,1H3,(H,31,34)/t26-/m0/s1. The van der Waals surface area contributed by atoms with E-state index in [2.05, 4.69) is 9.88 Å². The Labute approximate surface area is 218 Å². The molecule has 36 heavy (non-hydrogen) atoms. The van der Waals surface area contributed by atoms with Crippen molar-refractivity contribution in [2.75, 3.05) is 12.4 Å². The molecule has 0 saturated carbocycles. The van der Waals surface area contributed by atoms with Crippen LogP contribution in [-0.4, -0.2) is 22.6 Å². The van der Waals surface area contributed by atoms with E-state index in [1.54, 1.807) is 36.3 Å². The number of aromatic nitrogens is 1. The fourth-order valence-corrected chi connectivity index (χ4v) is 6.95. The number of urea groups is 1. The van der Waals surface area contributed by atoms with Crippen LogP contribution in [0, 0.1) is 5.82 Å². The molecule has 2 amide bonds. The lowest BCUT2D eigenvalue weighted by Crippen LogP contribution is -2.38. The average Bonchev–Trinajstić information content (AvgIpc) is 3.46. The molecular formula is C28H25ClFN3O2S. The molecule has 4 aromatic rings. The van der Waals surface area contributed by atoms with E-state index in [0.29, 0.717) is 28.6 Å². The number of methoxy groups -OCH3 is 1. The van der Waals surface area contributed by atoms with Gasteiger partial charge in [-0.1, -0.05) is 23.7 Å². The molecule has 1 atom stereocenters. The minimum Gasteiger partial charge on any atom is -0.495 e. The fraction of sp³-hybridized carbons (Fsp3) is 0.250. The highest BCUT2D eigenvalue weighted by Crippen LogP contribution is 2.44. The lowest BCUT2D eigenvalue weighted by molar-refractivity contribution is 0.194. The molecule has 6 rings (SSSR count). The van der Waals surface area contributed by atoms with Crippen LogP contribution in [0.1, 0.15) is 46.1 Å². The predicted molar refractivity (Wildman–Crippen MR) is 141 cm³/mol. The first kappa shape index (κ1) is 23.1. The Bertz CT molecular complexity index is 1460. The van der Waals surface area contributed by atoms with Crippen molar-refractivity contribution in [2.45, 2.75) is 38.3 Å². The lowest BCUT2D eigenvalue weighted by atomic mass is 9.95. The van der Waals surface area contributed by atoms with Crippen molar-refractivity contribution in [2.24, 2.45) is 0 Å². The fourth-order valence-electron chi connectivity index (χ4n) is 5.38. The van der Waals surface area contributed by atoms with E-state index >= 15 is 0 Å². The molecule has 0 fully saturated rings. The van der Waals surface area contributed by atoms with Crippen molar-refractivity contribution in [1.82, 2.24) is 9.47 Å². The van der Waals surface area contributed by atoms with Crippen molar-refractivity contribution < 1.29 is 13.9 Å². The number of hydrogen-bond donors (Lipinski definition) is 1. The Morgan fingerprint density at radius 2 is 1.97 bits per heavy atom. The number of benzene rings is 2. The topological polar surface area (TPSA) is 46.5 Å². The van der Waals surface area contributed by atoms with Gasteiger partial charge in [0.1, 0.15) is 16.6 Å². The van der Waals surface area contributed by atoms with Gasteiger partial charge in [0, 0.05) is 21.7 Å². The van der Waals surface area contributed by atoms with Gasteiger partial charge in [-0.05, 0) is 79.3 Å². The van der Waals surface area contributed by atoms with Crippen molar-refractivity contribution in [1.29, 1.82) is 0 Å². The van der Waals surface area contributed by atoms with Gasteiger partial charge in [-0.15, -0.1) is 11.3 Å². The molecule has 1 N–H and O–H groups in total. The van der Waals surface area contributed by atoms with Crippen molar-refractivity contribution >= 4 is 34.7 Å². The molecule has 0 saturated heterocycles. The first-order chi connectivity index (χ1) is 17.5. The molecule has 1 aliphatic carbocycles. The number of aryl methyl sites for hydroxylation is 1. The second kappa shape index (κ2) is 9.30. The van der Waals surface area contributed by atoms with Gasteiger partial charge in [0.15, 0.2) is 0 Å². The number of carbonyl (C=O) groups excluding carboxylic acids is 1. The van der Waals surface area contributed by atoms with Crippen LogP contribution >= 0.6 is 22.9 Å². The molecule has 0 bridgehead atoms. The molecule has 8 heteroatoms. The van der Waals surface area contributed by atoms with Gasteiger partial charge in [0.05, 0.1) is 31.1 Å². The third-order valence-electron chi connectivity index (χ3n) is 7.01. The summed E-state index contributed by atoms with van der Waals surface area (Å²) in [6.07, 6.45) is 6.47. The Balaban J connectivity index is 1.50. The lowest BCUT2D eigenvalue weighted by Gasteiger charge is -2.31. The third-order valence-corrected chi connectivity index (χ3v) is 8.58. The molecule has 2 aromatic heterocycles. The SMILES string of the molecule is COc1ccc(Cl)cc1NC(=O)N1Cc2c(sc3c2CCCC3)-n2cccc2[C@@H]1c1cccc(F)c1. The quantitative estimate of drug-likeness (QED) is 0.306. The maximum atomic E-state index is 14.4. The van der Waals surface area contributed by atoms with Gasteiger partial charge in [0.25, 0.3) is 0 Å². The molecule has 2 aromatic carbocycles. The van der Waals surface area contributed by atoms with E-state index in [4.69, 9.17) is 16.3 Å². The van der Waals surface area contributed by atoms with Gasteiger partial charge in [-0.2, -0.15) is 0 Å². The molecule has 0 radical (unpaired) electrons. The summed E-state index contributed by atoms with van der Waals surface area (Å²) in [5, 5.41) is 4.66. The van der Waals surface area contributed by atoms with E-state index < -0.39 is 6.04 Å². The number of amides is 2. The summed E-state index contributed by atoms with van der Waals surface area (Å²) >= 11 is 8.05. The number of ether oxygens (including phenoxy) is 1. The van der Waals surface area contributed by atoms with E-state index in [9.17, 15) is 9.18 Å². The largest absolute Gasteiger partial charge is 0.495 e. The van der Waals surface area contributed by atoms with Crippen molar-refractivity contribution in [3.63, 3.8) is 0 Å². The van der Waals surface area contributed by atoms with Gasteiger partial charge in [-0.25, -0.2) is 9.18 Å². The normalized spacial score (nSPS) is 16.5. The summed E-state index contributed by atoms with van der Waals surface area (Å²) in [5.41, 5.74) is 4.66. The maximum absolute atomic E-state index is 14.4. The van der Waals surface area contributed by atoms with Gasteiger partial charge in [0.2, 0.25) is 0 Å². The van der Waals surface area contributed by atoms with Crippen LogP contribution < -0.4 is 10.1 Å². The highest BCUT2D eigenvalue weighted by molar-refractivity contribution is 7.15. The number of halogens is 2. The maximum Gasteiger partial charge on any atom is 0.323 e. The average molecular weight is 522 g/mol. The van der Waals surface area contributed by atoms with Crippen molar-refractivity contribution in [3.8, 4) is 10.8 Å². The second-order valence-electron chi connectivity index (χ2n) is 9.16. The first-order valence-electron chi connectivity index (χ1n) is 12.0. The van der Waals surface area contributed by atoms with E-state index in [0.717, 1.165) is 30.0 Å². The molecule has 0 spiro atoms. The Morgan fingerprint density at radius 3 is 2.81 bits per heavy atom. The summed E-state index contributed by atoms with van der Waals surface area (Å²) in [6.45, 7) is 0.415. The molecule has 184 valence electrons. The predicted octanol–water partition coefficient (Wildman–Crippen LogP) is 7.36. The zero-order valence-corrected chi connectivity index (χ0v) is 21.3. The zero-order valence-electron chi connectivity index (χ0n) is 19.8.